The molecule has 1 heterocycles. The molecule has 144 valence electrons. The molecule has 0 bridgehead atoms. The first-order valence-electron chi connectivity index (χ1n) is 9.20. The zero-order valence-corrected chi connectivity index (χ0v) is 16.5. The van der Waals surface area contributed by atoms with E-state index in [1.807, 2.05) is 6.07 Å². The van der Waals surface area contributed by atoms with Crippen molar-refractivity contribution in [3.05, 3.63) is 12.1 Å². The van der Waals surface area contributed by atoms with Gasteiger partial charge >= 0.3 is 0 Å². The highest BCUT2D eigenvalue weighted by Gasteiger charge is 2.13. The molecule has 0 fully saturated rings. The zero-order chi connectivity index (χ0) is 19.1. The molecule has 0 saturated carbocycles. The first kappa shape index (κ1) is 20.0. The average molecular weight is 361 g/mol. The van der Waals surface area contributed by atoms with E-state index >= 15 is 0 Å². The standard InChI is InChI=1S/C19H31N5O2/c1-6-24(7-2)10-8-9-13(3)21-19-22-15-12-17(26-5)16(25-4)11-14(15)18(20)23-19/h11-13H,6-10H2,1-5H3,(H3,20,21,22,23). The van der Waals surface area contributed by atoms with E-state index in [2.05, 4.69) is 41.0 Å². The second-order valence-electron chi connectivity index (χ2n) is 6.37. The number of nitrogens with one attached hydrogen (secondary N) is 1. The van der Waals surface area contributed by atoms with Gasteiger partial charge in [0.1, 0.15) is 5.82 Å². The van der Waals surface area contributed by atoms with E-state index in [9.17, 15) is 0 Å². The molecular formula is C19H31N5O2. The van der Waals surface area contributed by atoms with Gasteiger partial charge in [0.05, 0.1) is 19.7 Å². The van der Waals surface area contributed by atoms with Crippen molar-refractivity contribution in [2.24, 2.45) is 0 Å². The number of rotatable bonds is 10. The Hall–Kier alpha value is -2.28. The number of methoxy groups -OCH3 is 2. The first-order valence-corrected chi connectivity index (χ1v) is 9.20. The largest absolute Gasteiger partial charge is 0.493 e. The summed E-state index contributed by atoms with van der Waals surface area (Å²) in [7, 11) is 3.20. The summed E-state index contributed by atoms with van der Waals surface area (Å²) < 4.78 is 10.7. The Morgan fingerprint density at radius 3 is 2.38 bits per heavy atom. The van der Waals surface area contributed by atoms with Gasteiger partial charge in [-0.25, -0.2) is 4.98 Å². The average Bonchev–Trinajstić information content (AvgIpc) is 2.64. The minimum absolute atomic E-state index is 0.266. The van der Waals surface area contributed by atoms with Crippen LogP contribution in [-0.2, 0) is 0 Å². The number of nitrogens with two attached hydrogens (primary N) is 1. The SMILES string of the molecule is CCN(CC)CCCC(C)Nc1nc(N)c2cc(OC)c(OC)cc2n1. The Kier molecular flexibility index (Phi) is 7.26. The number of hydrogen-bond donors (Lipinski definition) is 2. The maximum absolute atomic E-state index is 6.13. The van der Waals surface area contributed by atoms with Crippen molar-refractivity contribution in [3.63, 3.8) is 0 Å². The zero-order valence-electron chi connectivity index (χ0n) is 16.5. The molecule has 7 nitrogen and oxygen atoms in total. The fourth-order valence-electron chi connectivity index (χ4n) is 3.00. The molecule has 7 heteroatoms. The molecule has 0 aliphatic rings. The molecule has 1 atom stereocenters. The van der Waals surface area contributed by atoms with Crippen LogP contribution in [0.1, 0.15) is 33.6 Å². The molecule has 1 aromatic carbocycles. The van der Waals surface area contributed by atoms with Crippen molar-refractivity contribution >= 4 is 22.7 Å². The van der Waals surface area contributed by atoms with Crippen LogP contribution in [0.4, 0.5) is 11.8 Å². The number of hydrogen-bond acceptors (Lipinski definition) is 7. The van der Waals surface area contributed by atoms with E-state index in [-0.39, 0.29) is 6.04 Å². The van der Waals surface area contributed by atoms with Crippen molar-refractivity contribution in [2.45, 2.75) is 39.7 Å². The smallest absolute Gasteiger partial charge is 0.225 e. The lowest BCUT2D eigenvalue weighted by atomic mass is 10.1. The van der Waals surface area contributed by atoms with Crippen LogP contribution in [0.2, 0.25) is 0 Å². The Balaban J connectivity index is 2.10. The van der Waals surface area contributed by atoms with Crippen LogP contribution >= 0.6 is 0 Å². The first-order chi connectivity index (χ1) is 12.5. The highest BCUT2D eigenvalue weighted by molar-refractivity contribution is 5.91. The number of benzene rings is 1. The fourth-order valence-corrected chi connectivity index (χ4v) is 3.00. The third-order valence-electron chi connectivity index (χ3n) is 4.61. The lowest BCUT2D eigenvalue weighted by Gasteiger charge is -2.20. The molecule has 0 aliphatic carbocycles. The van der Waals surface area contributed by atoms with Crippen molar-refractivity contribution in [2.75, 3.05) is 44.9 Å². The van der Waals surface area contributed by atoms with Gasteiger partial charge in [0, 0.05) is 17.5 Å². The molecular weight excluding hydrogens is 330 g/mol. The summed E-state index contributed by atoms with van der Waals surface area (Å²) in [5, 5.41) is 4.11. The minimum atomic E-state index is 0.266. The molecule has 3 N–H and O–H groups in total. The highest BCUT2D eigenvalue weighted by Crippen LogP contribution is 2.33. The van der Waals surface area contributed by atoms with Gasteiger partial charge in [-0.05, 0) is 45.5 Å². The number of aromatic nitrogens is 2. The topological polar surface area (TPSA) is 85.5 Å². The summed E-state index contributed by atoms with van der Waals surface area (Å²) in [6.45, 7) is 9.82. The number of nitrogens with zero attached hydrogens (tertiary/aromatic N) is 3. The number of ether oxygens (including phenoxy) is 2. The van der Waals surface area contributed by atoms with Gasteiger partial charge < -0.3 is 25.4 Å². The fraction of sp³-hybridized carbons (Fsp3) is 0.579. The van der Waals surface area contributed by atoms with Gasteiger partial charge in [-0.15, -0.1) is 0 Å². The lowest BCUT2D eigenvalue weighted by molar-refractivity contribution is 0.295. The third kappa shape index (κ3) is 4.88. The molecule has 1 aromatic heterocycles. The maximum atomic E-state index is 6.13. The molecule has 1 unspecified atom stereocenters. The van der Waals surface area contributed by atoms with E-state index in [0.717, 1.165) is 43.4 Å². The highest BCUT2D eigenvalue weighted by atomic mass is 16.5. The predicted molar refractivity (Wildman–Crippen MR) is 107 cm³/mol. The summed E-state index contributed by atoms with van der Waals surface area (Å²) in [5.41, 5.74) is 6.86. The molecule has 26 heavy (non-hydrogen) atoms. The van der Waals surface area contributed by atoms with E-state index in [1.165, 1.54) is 0 Å². The van der Waals surface area contributed by atoms with Gasteiger partial charge in [0.2, 0.25) is 5.95 Å². The third-order valence-corrected chi connectivity index (χ3v) is 4.61. The van der Waals surface area contributed by atoms with E-state index in [4.69, 9.17) is 15.2 Å². The molecule has 0 spiro atoms. The second kappa shape index (κ2) is 9.43. The van der Waals surface area contributed by atoms with E-state index in [0.29, 0.717) is 23.3 Å². The monoisotopic (exact) mass is 361 g/mol. The van der Waals surface area contributed by atoms with Crippen LogP contribution in [0.3, 0.4) is 0 Å². The quantitative estimate of drug-likeness (QED) is 0.672. The summed E-state index contributed by atoms with van der Waals surface area (Å²) in [4.78, 5) is 11.4. The van der Waals surface area contributed by atoms with Crippen molar-refractivity contribution in [1.82, 2.24) is 14.9 Å². The number of fused-ring (bicyclic) bond motifs is 1. The van der Waals surface area contributed by atoms with Crippen molar-refractivity contribution in [1.29, 1.82) is 0 Å². The molecule has 2 aromatic rings. The molecule has 0 amide bonds. The normalized spacial score (nSPS) is 12.4. The summed E-state index contributed by atoms with van der Waals surface area (Å²) in [6.07, 6.45) is 2.17. The Morgan fingerprint density at radius 1 is 1.12 bits per heavy atom. The van der Waals surface area contributed by atoms with Crippen LogP contribution < -0.4 is 20.5 Å². The molecule has 0 aliphatic heterocycles. The van der Waals surface area contributed by atoms with Crippen LogP contribution in [-0.4, -0.2) is 54.8 Å². The number of nitrogen functional groups attached to an aromatic ring is 1. The lowest BCUT2D eigenvalue weighted by Crippen LogP contribution is -2.26. The van der Waals surface area contributed by atoms with Gasteiger partial charge in [-0.1, -0.05) is 13.8 Å². The summed E-state index contributed by atoms with van der Waals surface area (Å²) in [5.74, 6) is 2.20. The summed E-state index contributed by atoms with van der Waals surface area (Å²) in [6, 6.07) is 3.89. The van der Waals surface area contributed by atoms with Crippen molar-refractivity contribution < 1.29 is 9.47 Å². The van der Waals surface area contributed by atoms with Crippen LogP contribution in [0.25, 0.3) is 10.9 Å². The van der Waals surface area contributed by atoms with E-state index in [1.54, 1.807) is 20.3 Å². The predicted octanol–water partition coefficient (Wildman–Crippen LogP) is 3.15. The molecule has 2 rings (SSSR count). The molecule has 0 saturated heterocycles. The van der Waals surface area contributed by atoms with Gasteiger partial charge in [0.25, 0.3) is 0 Å². The van der Waals surface area contributed by atoms with E-state index < -0.39 is 0 Å². The van der Waals surface area contributed by atoms with Gasteiger partial charge in [-0.3, -0.25) is 0 Å². The number of anilines is 2. The minimum Gasteiger partial charge on any atom is -0.493 e. The summed E-state index contributed by atoms with van der Waals surface area (Å²) >= 11 is 0. The second-order valence-corrected chi connectivity index (χ2v) is 6.37. The Morgan fingerprint density at radius 2 is 1.77 bits per heavy atom. The van der Waals surface area contributed by atoms with Crippen LogP contribution in [0, 0.1) is 0 Å². The van der Waals surface area contributed by atoms with Crippen molar-refractivity contribution in [3.8, 4) is 11.5 Å². The maximum Gasteiger partial charge on any atom is 0.225 e. The van der Waals surface area contributed by atoms with Crippen LogP contribution in [0.5, 0.6) is 11.5 Å². The van der Waals surface area contributed by atoms with Gasteiger partial charge in [0.15, 0.2) is 11.5 Å². The van der Waals surface area contributed by atoms with Crippen LogP contribution in [0.15, 0.2) is 12.1 Å². The Labute approximate surface area is 155 Å². The molecule has 0 radical (unpaired) electrons. The van der Waals surface area contributed by atoms with Gasteiger partial charge in [-0.2, -0.15) is 4.98 Å². The Bertz CT molecular complexity index is 719.